The van der Waals surface area contributed by atoms with Gasteiger partial charge in [-0.2, -0.15) is 0 Å². The fourth-order valence-corrected chi connectivity index (χ4v) is 2.33. The van der Waals surface area contributed by atoms with Gasteiger partial charge in [0.15, 0.2) is 5.76 Å². The van der Waals surface area contributed by atoms with E-state index in [-0.39, 0.29) is 11.3 Å². The Bertz CT molecular complexity index is 889. The number of ether oxygens (including phenoxy) is 1. The molecule has 2 aromatic heterocycles. The van der Waals surface area contributed by atoms with Crippen LogP contribution in [-0.2, 0) is 0 Å². The van der Waals surface area contributed by atoms with E-state index in [9.17, 15) is 9.90 Å². The molecule has 5 heteroatoms. The SMILES string of the molecule is COc1ccc2oc(-c3[nH]c(=O)c(C)c(O)c3C)cc2c1. The fourth-order valence-electron chi connectivity index (χ4n) is 2.33. The van der Waals surface area contributed by atoms with Crippen molar-refractivity contribution in [3.05, 3.63) is 45.7 Å². The molecule has 1 aromatic carbocycles. The Balaban J connectivity index is 2.23. The maximum atomic E-state index is 11.8. The molecule has 2 heterocycles. The Morgan fingerprint density at radius 3 is 2.67 bits per heavy atom. The lowest BCUT2D eigenvalue weighted by Gasteiger charge is -2.06. The number of pyridine rings is 1. The van der Waals surface area contributed by atoms with E-state index < -0.39 is 0 Å². The van der Waals surface area contributed by atoms with Gasteiger partial charge in [-0.25, -0.2) is 0 Å². The number of nitrogens with one attached hydrogen (secondary N) is 1. The molecule has 3 aromatic rings. The van der Waals surface area contributed by atoms with E-state index in [0.29, 0.717) is 28.2 Å². The molecule has 2 N–H and O–H groups in total. The predicted molar refractivity (Wildman–Crippen MR) is 80.0 cm³/mol. The monoisotopic (exact) mass is 285 g/mol. The standard InChI is InChI=1S/C16H15NO4/c1-8-14(17-16(19)9(2)15(8)18)13-7-10-6-11(20-3)4-5-12(10)21-13/h4-7H,1-3H3,(H2,17,18,19). The number of methoxy groups -OCH3 is 1. The molecule has 5 nitrogen and oxygen atoms in total. The van der Waals surface area contributed by atoms with Crippen molar-refractivity contribution in [1.29, 1.82) is 0 Å². The van der Waals surface area contributed by atoms with E-state index in [0.717, 1.165) is 11.1 Å². The molecule has 0 aliphatic heterocycles. The van der Waals surface area contributed by atoms with E-state index in [2.05, 4.69) is 4.98 Å². The zero-order valence-corrected chi connectivity index (χ0v) is 12.0. The highest BCUT2D eigenvalue weighted by Gasteiger charge is 2.15. The summed E-state index contributed by atoms with van der Waals surface area (Å²) in [7, 11) is 1.60. The summed E-state index contributed by atoms with van der Waals surface area (Å²) in [6.07, 6.45) is 0. The molecule has 0 radical (unpaired) electrons. The summed E-state index contributed by atoms with van der Waals surface area (Å²) in [6, 6.07) is 7.27. The summed E-state index contributed by atoms with van der Waals surface area (Å²) in [4.78, 5) is 14.6. The van der Waals surface area contributed by atoms with Gasteiger partial charge in [-0.1, -0.05) is 0 Å². The summed E-state index contributed by atoms with van der Waals surface area (Å²) >= 11 is 0. The Labute approximate surface area is 120 Å². The predicted octanol–water partition coefficient (Wildman–Crippen LogP) is 3.12. The molecule has 0 spiro atoms. The second-order valence-electron chi connectivity index (χ2n) is 4.94. The van der Waals surface area contributed by atoms with Crippen LogP contribution >= 0.6 is 0 Å². The maximum absolute atomic E-state index is 11.8. The van der Waals surface area contributed by atoms with Gasteiger partial charge in [0.2, 0.25) is 0 Å². The number of aromatic nitrogens is 1. The van der Waals surface area contributed by atoms with E-state index in [1.54, 1.807) is 33.1 Å². The third kappa shape index (κ3) is 2.07. The first-order valence-corrected chi connectivity index (χ1v) is 6.51. The van der Waals surface area contributed by atoms with Gasteiger partial charge in [-0.05, 0) is 38.1 Å². The van der Waals surface area contributed by atoms with Crippen molar-refractivity contribution in [3.8, 4) is 23.0 Å². The number of fused-ring (bicyclic) bond motifs is 1. The van der Waals surface area contributed by atoms with Crippen molar-refractivity contribution in [2.45, 2.75) is 13.8 Å². The number of hydrogen-bond acceptors (Lipinski definition) is 4. The average Bonchev–Trinajstić information content (AvgIpc) is 2.91. The van der Waals surface area contributed by atoms with Crippen LogP contribution in [-0.4, -0.2) is 17.2 Å². The Hall–Kier alpha value is -2.69. The van der Waals surface area contributed by atoms with Gasteiger partial charge in [0.1, 0.15) is 17.1 Å². The molecule has 108 valence electrons. The summed E-state index contributed by atoms with van der Waals surface area (Å²) in [5, 5.41) is 10.9. The van der Waals surface area contributed by atoms with E-state index in [1.807, 2.05) is 12.1 Å². The lowest BCUT2D eigenvalue weighted by Crippen LogP contribution is -2.11. The molecule has 0 saturated carbocycles. The molecule has 3 rings (SSSR count). The minimum Gasteiger partial charge on any atom is -0.507 e. The zero-order chi connectivity index (χ0) is 15.1. The third-order valence-electron chi connectivity index (χ3n) is 3.63. The maximum Gasteiger partial charge on any atom is 0.255 e. The molecule has 0 aliphatic carbocycles. The van der Waals surface area contributed by atoms with Crippen LogP contribution in [0.25, 0.3) is 22.4 Å². The van der Waals surface area contributed by atoms with Crippen molar-refractivity contribution in [2.75, 3.05) is 7.11 Å². The van der Waals surface area contributed by atoms with Gasteiger partial charge in [0.25, 0.3) is 5.56 Å². The van der Waals surface area contributed by atoms with Gasteiger partial charge in [0, 0.05) is 10.9 Å². The van der Waals surface area contributed by atoms with E-state index in [4.69, 9.17) is 9.15 Å². The highest BCUT2D eigenvalue weighted by molar-refractivity contribution is 5.84. The molecular formula is C16H15NO4. The minimum absolute atomic E-state index is 0.00760. The van der Waals surface area contributed by atoms with Gasteiger partial charge in [0.05, 0.1) is 18.4 Å². The van der Waals surface area contributed by atoms with Crippen molar-refractivity contribution < 1.29 is 14.3 Å². The third-order valence-corrected chi connectivity index (χ3v) is 3.63. The highest BCUT2D eigenvalue weighted by atomic mass is 16.5. The first kappa shape index (κ1) is 13.3. The van der Waals surface area contributed by atoms with Gasteiger partial charge in [-0.3, -0.25) is 4.79 Å². The summed E-state index contributed by atoms with van der Waals surface area (Å²) < 4.78 is 10.9. The number of aromatic amines is 1. The molecule has 0 saturated heterocycles. The molecule has 0 atom stereocenters. The van der Waals surface area contributed by atoms with Crippen LogP contribution in [0.1, 0.15) is 11.1 Å². The molecule has 0 unspecified atom stereocenters. The largest absolute Gasteiger partial charge is 0.507 e. The molecule has 0 aliphatic rings. The minimum atomic E-state index is -0.328. The van der Waals surface area contributed by atoms with Gasteiger partial charge >= 0.3 is 0 Å². The first-order chi connectivity index (χ1) is 10.0. The molecular weight excluding hydrogens is 270 g/mol. The van der Waals surface area contributed by atoms with Crippen LogP contribution in [0.15, 0.2) is 33.5 Å². The van der Waals surface area contributed by atoms with Gasteiger partial charge in [-0.15, -0.1) is 0 Å². The van der Waals surface area contributed by atoms with Crippen LogP contribution in [0.3, 0.4) is 0 Å². The smallest absolute Gasteiger partial charge is 0.255 e. The lowest BCUT2D eigenvalue weighted by atomic mass is 10.1. The second-order valence-corrected chi connectivity index (χ2v) is 4.94. The second kappa shape index (κ2) is 4.70. The number of rotatable bonds is 2. The number of hydrogen-bond donors (Lipinski definition) is 2. The average molecular weight is 285 g/mol. The van der Waals surface area contributed by atoms with Crippen LogP contribution in [0.4, 0.5) is 0 Å². The molecule has 0 amide bonds. The molecule has 0 fully saturated rings. The van der Waals surface area contributed by atoms with Crippen LogP contribution in [0, 0.1) is 13.8 Å². The first-order valence-electron chi connectivity index (χ1n) is 6.51. The summed E-state index contributed by atoms with van der Waals surface area (Å²) in [5.41, 5.74) is 1.72. The number of furan rings is 1. The van der Waals surface area contributed by atoms with Crippen LogP contribution in [0.2, 0.25) is 0 Å². The number of aromatic hydroxyl groups is 1. The Kier molecular flexibility index (Phi) is 2.97. The number of H-pyrrole nitrogens is 1. The topological polar surface area (TPSA) is 75.5 Å². The zero-order valence-electron chi connectivity index (χ0n) is 12.0. The van der Waals surface area contributed by atoms with Crippen molar-refractivity contribution in [2.24, 2.45) is 0 Å². The molecule has 0 bridgehead atoms. The summed E-state index contributed by atoms with van der Waals surface area (Å²) in [6.45, 7) is 3.32. The highest BCUT2D eigenvalue weighted by Crippen LogP contribution is 2.33. The summed E-state index contributed by atoms with van der Waals surface area (Å²) in [5.74, 6) is 1.22. The van der Waals surface area contributed by atoms with Crippen molar-refractivity contribution in [3.63, 3.8) is 0 Å². The van der Waals surface area contributed by atoms with Crippen molar-refractivity contribution in [1.82, 2.24) is 4.98 Å². The van der Waals surface area contributed by atoms with Crippen molar-refractivity contribution >= 4 is 11.0 Å². The lowest BCUT2D eigenvalue weighted by molar-refractivity contribution is 0.415. The van der Waals surface area contributed by atoms with Gasteiger partial charge < -0.3 is 19.2 Å². The fraction of sp³-hybridized carbons (Fsp3) is 0.188. The Morgan fingerprint density at radius 2 is 1.95 bits per heavy atom. The number of benzene rings is 1. The molecule has 21 heavy (non-hydrogen) atoms. The van der Waals surface area contributed by atoms with E-state index >= 15 is 0 Å². The quantitative estimate of drug-likeness (QED) is 0.758. The van der Waals surface area contributed by atoms with E-state index in [1.165, 1.54) is 0 Å². The Morgan fingerprint density at radius 1 is 1.19 bits per heavy atom. The van der Waals surface area contributed by atoms with Crippen LogP contribution < -0.4 is 10.3 Å². The normalized spacial score (nSPS) is 11.0. The van der Waals surface area contributed by atoms with Crippen LogP contribution in [0.5, 0.6) is 11.5 Å².